The van der Waals surface area contributed by atoms with Crippen molar-refractivity contribution in [1.29, 1.82) is 0 Å². The number of hydrogen-bond acceptors (Lipinski definition) is 2. The van der Waals surface area contributed by atoms with Gasteiger partial charge in [-0.25, -0.2) is 8.78 Å². The van der Waals surface area contributed by atoms with E-state index in [-0.39, 0.29) is 36.8 Å². The maximum Gasteiger partial charge on any atom is 0.308 e. The zero-order valence-electron chi connectivity index (χ0n) is 14.1. The fraction of sp³-hybridized carbons (Fsp3) is 0.300. The summed E-state index contributed by atoms with van der Waals surface area (Å²) < 4.78 is 27.0. The molecule has 1 heterocycles. The average molecular weight is 359 g/mol. The number of aryl methyl sites for hydroxylation is 1. The number of nitrogens with zero attached hydrogens (tertiary/aromatic N) is 1. The van der Waals surface area contributed by atoms with Crippen LogP contribution >= 0.6 is 0 Å². The Bertz CT molecular complexity index is 810. The Hall–Kier alpha value is -2.76. The minimum atomic E-state index is -0.940. The number of carboxylic acid groups (broad SMARTS) is 1. The Labute approximate surface area is 150 Å². The highest BCUT2D eigenvalue weighted by Crippen LogP contribution is 2.33. The van der Waals surface area contributed by atoms with Crippen LogP contribution in [-0.2, 0) is 16.0 Å². The Morgan fingerprint density at radius 2 is 1.77 bits per heavy atom. The van der Waals surface area contributed by atoms with Crippen molar-refractivity contribution in [2.24, 2.45) is 5.92 Å². The van der Waals surface area contributed by atoms with E-state index in [0.717, 1.165) is 11.6 Å². The lowest BCUT2D eigenvalue weighted by Crippen LogP contribution is -2.30. The molecule has 0 aromatic heterocycles. The molecule has 0 saturated carbocycles. The molecule has 0 radical (unpaired) electrons. The predicted octanol–water partition coefficient (Wildman–Crippen LogP) is 3.22. The fourth-order valence-corrected chi connectivity index (χ4v) is 3.44. The third-order valence-corrected chi connectivity index (χ3v) is 4.86. The number of carboxylic acids is 1. The fourth-order valence-electron chi connectivity index (χ4n) is 3.44. The van der Waals surface area contributed by atoms with Gasteiger partial charge in [0.25, 0.3) is 0 Å². The SMILES string of the molecule is O=C(O)[C@@H]1CN(C(=O)CCc2cccc(F)c2F)C[C@@H]1c1ccccc1. The minimum absolute atomic E-state index is 0.00816. The number of likely N-dealkylation sites (tertiary alicyclic amines) is 1. The zero-order chi connectivity index (χ0) is 18.7. The molecule has 1 fully saturated rings. The minimum Gasteiger partial charge on any atom is -0.481 e. The first-order chi connectivity index (χ1) is 12.5. The second kappa shape index (κ2) is 7.64. The van der Waals surface area contributed by atoms with Crippen LogP contribution in [0.2, 0.25) is 0 Å². The summed E-state index contributed by atoms with van der Waals surface area (Å²) in [6.07, 6.45) is 0.0842. The summed E-state index contributed by atoms with van der Waals surface area (Å²) in [5, 5.41) is 9.49. The van der Waals surface area contributed by atoms with Crippen LogP contribution in [-0.4, -0.2) is 35.0 Å². The second-order valence-electron chi connectivity index (χ2n) is 6.47. The molecule has 0 bridgehead atoms. The van der Waals surface area contributed by atoms with Crippen LogP contribution in [0, 0.1) is 17.6 Å². The summed E-state index contributed by atoms with van der Waals surface area (Å²) in [6.45, 7) is 0.435. The summed E-state index contributed by atoms with van der Waals surface area (Å²) >= 11 is 0. The maximum atomic E-state index is 13.7. The zero-order valence-corrected chi connectivity index (χ0v) is 14.1. The lowest BCUT2D eigenvalue weighted by molar-refractivity contribution is -0.141. The Kier molecular flexibility index (Phi) is 5.30. The van der Waals surface area contributed by atoms with E-state index in [1.807, 2.05) is 30.3 Å². The van der Waals surface area contributed by atoms with Crippen molar-refractivity contribution in [2.75, 3.05) is 13.1 Å². The standard InChI is InChI=1S/C20H19F2NO3/c21-17-8-4-7-14(19(17)22)9-10-18(24)23-11-15(16(12-23)20(25)26)13-5-2-1-3-6-13/h1-8,15-16H,9-12H2,(H,25,26)/t15-,16-/m1/s1. The third kappa shape index (κ3) is 3.74. The first kappa shape index (κ1) is 18.0. The summed E-state index contributed by atoms with van der Waals surface area (Å²) in [4.78, 5) is 25.6. The van der Waals surface area contributed by atoms with Gasteiger partial charge in [-0.1, -0.05) is 42.5 Å². The smallest absolute Gasteiger partial charge is 0.308 e. The quantitative estimate of drug-likeness (QED) is 0.892. The number of halogens is 2. The number of rotatable bonds is 5. The molecule has 2 atom stereocenters. The molecule has 0 aliphatic carbocycles. The van der Waals surface area contributed by atoms with Gasteiger partial charge in [-0.3, -0.25) is 9.59 Å². The van der Waals surface area contributed by atoms with Crippen molar-refractivity contribution in [2.45, 2.75) is 18.8 Å². The Morgan fingerprint density at radius 1 is 1.04 bits per heavy atom. The van der Waals surface area contributed by atoms with Crippen molar-refractivity contribution in [3.05, 3.63) is 71.3 Å². The van der Waals surface area contributed by atoms with Gasteiger partial charge in [0.15, 0.2) is 11.6 Å². The number of benzene rings is 2. The van der Waals surface area contributed by atoms with Gasteiger partial charge in [0.2, 0.25) is 5.91 Å². The molecule has 1 amide bonds. The van der Waals surface area contributed by atoms with E-state index < -0.39 is 23.5 Å². The highest BCUT2D eigenvalue weighted by Gasteiger charge is 2.40. The van der Waals surface area contributed by atoms with Crippen LogP contribution in [0.4, 0.5) is 8.78 Å². The van der Waals surface area contributed by atoms with Gasteiger partial charge in [0, 0.05) is 25.4 Å². The number of amides is 1. The van der Waals surface area contributed by atoms with E-state index in [4.69, 9.17) is 0 Å². The normalized spacial score (nSPS) is 19.5. The molecule has 0 spiro atoms. The van der Waals surface area contributed by atoms with Crippen LogP contribution in [0.25, 0.3) is 0 Å². The van der Waals surface area contributed by atoms with Gasteiger partial charge in [-0.2, -0.15) is 0 Å². The molecule has 1 saturated heterocycles. The number of hydrogen-bond donors (Lipinski definition) is 1. The van der Waals surface area contributed by atoms with E-state index in [1.165, 1.54) is 17.0 Å². The first-order valence-corrected chi connectivity index (χ1v) is 8.45. The van der Waals surface area contributed by atoms with Crippen molar-refractivity contribution in [3.63, 3.8) is 0 Å². The summed E-state index contributed by atoms with van der Waals surface area (Å²) in [6, 6.07) is 13.1. The highest BCUT2D eigenvalue weighted by molar-refractivity contribution is 5.80. The van der Waals surface area contributed by atoms with E-state index in [9.17, 15) is 23.5 Å². The van der Waals surface area contributed by atoms with E-state index in [2.05, 4.69) is 0 Å². The largest absolute Gasteiger partial charge is 0.481 e. The highest BCUT2D eigenvalue weighted by atomic mass is 19.2. The molecule has 1 aliphatic rings. The molecule has 0 unspecified atom stereocenters. The van der Waals surface area contributed by atoms with Gasteiger partial charge >= 0.3 is 5.97 Å². The Balaban J connectivity index is 1.68. The lowest BCUT2D eigenvalue weighted by Gasteiger charge is -2.16. The molecular formula is C20H19F2NO3. The van der Waals surface area contributed by atoms with Crippen molar-refractivity contribution >= 4 is 11.9 Å². The molecule has 136 valence electrons. The van der Waals surface area contributed by atoms with Crippen LogP contribution in [0.3, 0.4) is 0 Å². The van der Waals surface area contributed by atoms with E-state index >= 15 is 0 Å². The number of carbonyl (C=O) groups is 2. The molecule has 26 heavy (non-hydrogen) atoms. The summed E-state index contributed by atoms with van der Waals surface area (Å²) in [5.41, 5.74) is 1.03. The maximum absolute atomic E-state index is 13.7. The van der Waals surface area contributed by atoms with Gasteiger partial charge in [-0.05, 0) is 23.6 Å². The predicted molar refractivity (Wildman–Crippen MR) is 91.6 cm³/mol. The van der Waals surface area contributed by atoms with Gasteiger partial charge in [0.05, 0.1) is 5.92 Å². The molecule has 1 N–H and O–H groups in total. The van der Waals surface area contributed by atoms with Gasteiger partial charge in [-0.15, -0.1) is 0 Å². The molecule has 6 heteroatoms. The van der Waals surface area contributed by atoms with Gasteiger partial charge < -0.3 is 10.0 Å². The first-order valence-electron chi connectivity index (χ1n) is 8.45. The topological polar surface area (TPSA) is 57.6 Å². The van der Waals surface area contributed by atoms with Crippen LogP contribution < -0.4 is 0 Å². The van der Waals surface area contributed by atoms with E-state index in [0.29, 0.717) is 6.54 Å². The van der Waals surface area contributed by atoms with Gasteiger partial charge in [0.1, 0.15) is 0 Å². The monoisotopic (exact) mass is 359 g/mol. The molecule has 3 rings (SSSR count). The number of carbonyl (C=O) groups excluding carboxylic acids is 1. The lowest BCUT2D eigenvalue weighted by atomic mass is 9.89. The second-order valence-corrected chi connectivity index (χ2v) is 6.47. The van der Waals surface area contributed by atoms with Crippen LogP contribution in [0.1, 0.15) is 23.5 Å². The van der Waals surface area contributed by atoms with Crippen LogP contribution in [0.15, 0.2) is 48.5 Å². The van der Waals surface area contributed by atoms with Crippen molar-refractivity contribution in [3.8, 4) is 0 Å². The molecular weight excluding hydrogens is 340 g/mol. The van der Waals surface area contributed by atoms with E-state index in [1.54, 1.807) is 0 Å². The summed E-state index contributed by atoms with van der Waals surface area (Å²) in [5.74, 6) is -4.02. The Morgan fingerprint density at radius 3 is 2.46 bits per heavy atom. The van der Waals surface area contributed by atoms with Crippen LogP contribution in [0.5, 0.6) is 0 Å². The molecule has 2 aromatic rings. The van der Waals surface area contributed by atoms with Crippen molar-refractivity contribution in [1.82, 2.24) is 4.90 Å². The van der Waals surface area contributed by atoms with Crippen molar-refractivity contribution < 1.29 is 23.5 Å². The average Bonchev–Trinajstić information content (AvgIpc) is 3.09. The molecule has 4 nitrogen and oxygen atoms in total. The number of aliphatic carboxylic acids is 1. The summed E-state index contributed by atoms with van der Waals surface area (Å²) in [7, 11) is 0. The molecule has 1 aliphatic heterocycles. The molecule has 2 aromatic carbocycles. The third-order valence-electron chi connectivity index (χ3n) is 4.86.